The molecule has 1 saturated heterocycles. The molecule has 1 fully saturated rings. The van der Waals surface area contributed by atoms with Crippen molar-refractivity contribution < 1.29 is 27.2 Å². The fourth-order valence-corrected chi connectivity index (χ4v) is 4.75. The number of carbonyl (C=O) groups is 1. The molecule has 2 aromatic carbocycles. The second kappa shape index (κ2) is 9.55. The first-order valence-corrected chi connectivity index (χ1v) is 11.7. The molecule has 3 heterocycles. The third kappa shape index (κ3) is 5.07. The van der Waals surface area contributed by atoms with Gasteiger partial charge in [0.05, 0.1) is 6.04 Å². The highest BCUT2D eigenvalue weighted by atomic mass is 19.4. The summed E-state index contributed by atoms with van der Waals surface area (Å²) in [6.07, 6.45) is -4.74. The molecule has 5 rings (SSSR count). The maximum absolute atomic E-state index is 13.1. The second-order valence-corrected chi connectivity index (χ2v) is 9.10. The van der Waals surface area contributed by atoms with E-state index in [4.69, 9.17) is 4.52 Å². The molecule has 1 unspecified atom stereocenters. The molecule has 11 heteroatoms. The SMILES string of the molecule is Cc1cc(-c2noc(C(C)N3CCNCC3)n2)cc2c1C(=O)N(Cc1ccc(OC(F)(F)F)cc1)C2. The van der Waals surface area contributed by atoms with E-state index >= 15 is 0 Å². The molecule has 8 nitrogen and oxygen atoms in total. The van der Waals surface area contributed by atoms with Gasteiger partial charge in [-0.15, -0.1) is 13.2 Å². The Morgan fingerprint density at radius 2 is 1.89 bits per heavy atom. The lowest BCUT2D eigenvalue weighted by Crippen LogP contribution is -2.44. The summed E-state index contributed by atoms with van der Waals surface area (Å²) < 4.78 is 46.7. The van der Waals surface area contributed by atoms with Crippen molar-refractivity contribution >= 4 is 5.91 Å². The third-order valence-corrected chi connectivity index (χ3v) is 6.57. The van der Waals surface area contributed by atoms with E-state index in [0.717, 1.165) is 42.9 Å². The summed E-state index contributed by atoms with van der Waals surface area (Å²) in [5.41, 5.74) is 3.78. The molecule has 3 aromatic rings. The van der Waals surface area contributed by atoms with Gasteiger partial charge in [-0.25, -0.2) is 0 Å². The molecule has 0 saturated carbocycles. The molecule has 0 bridgehead atoms. The van der Waals surface area contributed by atoms with Crippen LogP contribution in [-0.4, -0.2) is 58.4 Å². The highest BCUT2D eigenvalue weighted by Crippen LogP contribution is 2.32. The topological polar surface area (TPSA) is 83.7 Å². The molecule has 1 atom stereocenters. The summed E-state index contributed by atoms with van der Waals surface area (Å²) in [6.45, 7) is 8.23. The molecule has 1 N–H and O–H groups in total. The van der Waals surface area contributed by atoms with Crippen LogP contribution in [0.15, 0.2) is 40.9 Å². The number of benzene rings is 2. The minimum atomic E-state index is -4.74. The Morgan fingerprint density at radius 1 is 1.17 bits per heavy atom. The standard InChI is InChI=1S/C25H26F3N5O3/c1-15-11-18(22-30-23(36-31-22)16(2)32-9-7-29-8-10-32)12-19-14-33(24(34)21(15)19)13-17-3-5-20(6-4-17)35-25(26,27)28/h3-6,11-12,16,29H,7-10,13-14H2,1-2H3. The van der Waals surface area contributed by atoms with E-state index < -0.39 is 6.36 Å². The summed E-state index contributed by atoms with van der Waals surface area (Å²) in [4.78, 5) is 21.7. The number of alkyl halides is 3. The molecule has 1 amide bonds. The molecular weight excluding hydrogens is 475 g/mol. The smallest absolute Gasteiger partial charge is 0.406 e. The maximum atomic E-state index is 13.1. The van der Waals surface area contributed by atoms with Gasteiger partial charge >= 0.3 is 6.36 Å². The number of halogens is 3. The van der Waals surface area contributed by atoms with Gasteiger partial charge in [-0.3, -0.25) is 9.69 Å². The maximum Gasteiger partial charge on any atom is 0.573 e. The highest BCUT2D eigenvalue weighted by Gasteiger charge is 2.32. The van der Waals surface area contributed by atoms with E-state index in [1.54, 1.807) is 4.90 Å². The average Bonchev–Trinajstić information content (AvgIpc) is 3.45. The predicted octanol–water partition coefficient (Wildman–Crippen LogP) is 4.07. The zero-order valence-corrected chi connectivity index (χ0v) is 19.9. The Morgan fingerprint density at radius 3 is 2.58 bits per heavy atom. The molecule has 2 aliphatic rings. The summed E-state index contributed by atoms with van der Waals surface area (Å²) >= 11 is 0. The number of hydrogen-bond donors (Lipinski definition) is 1. The molecule has 2 aliphatic heterocycles. The zero-order chi connectivity index (χ0) is 25.4. The monoisotopic (exact) mass is 501 g/mol. The van der Waals surface area contributed by atoms with Crippen LogP contribution in [0.25, 0.3) is 11.4 Å². The van der Waals surface area contributed by atoms with Gasteiger partial charge in [0, 0.05) is 50.4 Å². The van der Waals surface area contributed by atoms with Gasteiger partial charge in [0.25, 0.3) is 5.91 Å². The van der Waals surface area contributed by atoms with Crippen molar-refractivity contribution in [3.05, 3.63) is 64.5 Å². The van der Waals surface area contributed by atoms with Gasteiger partial charge in [0.2, 0.25) is 11.7 Å². The summed E-state index contributed by atoms with van der Waals surface area (Å²) in [6, 6.07) is 9.34. The number of fused-ring (bicyclic) bond motifs is 1. The minimum Gasteiger partial charge on any atom is -0.406 e. The van der Waals surface area contributed by atoms with Crippen LogP contribution in [0.5, 0.6) is 5.75 Å². The zero-order valence-electron chi connectivity index (χ0n) is 19.9. The first kappa shape index (κ1) is 24.3. The van der Waals surface area contributed by atoms with Crippen LogP contribution in [0, 0.1) is 6.92 Å². The molecular formula is C25H26F3N5O3. The van der Waals surface area contributed by atoms with Crippen LogP contribution in [-0.2, 0) is 13.1 Å². The Balaban J connectivity index is 1.30. The molecule has 1 aromatic heterocycles. The van der Waals surface area contributed by atoms with Gasteiger partial charge in [-0.05, 0) is 54.8 Å². The molecule has 190 valence electrons. The number of ether oxygens (including phenoxy) is 1. The Kier molecular flexibility index (Phi) is 6.44. The molecule has 0 aliphatic carbocycles. The molecule has 0 radical (unpaired) electrons. The lowest BCUT2D eigenvalue weighted by atomic mass is 10.00. The summed E-state index contributed by atoms with van der Waals surface area (Å²) in [5.74, 6) is 0.615. The van der Waals surface area contributed by atoms with Gasteiger partial charge in [-0.1, -0.05) is 17.3 Å². The Labute approximate surface area is 206 Å². The van der Waals surface area contributed by atoms with E-state index in [2.05, 4.69) is 32.0 Å². The fourth-order valence-electron chi connectivity index (χ4n) is 4.75. The first-order valence-electron chi connectivity index (χ1n) is 11.7. The van der Waals surface area contributed by atoms with Crippen LogP contribution in [0.4, 0.5) is 13.2 Å². The van der Waals surface area contributed by atoms with Gasteiger partial charge in [-0.2, -0.15) is 4.98 Å². The summed E-state index contributed by atoms with van der Waals surface area (Å²) in [7, 11) is 0. The number of aromatic nitrogens is 2. The number of nitrogens with one attached hydrogen (secondary N) is 1. The highest BCUT2D eigenvalue weighted by molar-refractivity contribution is 6.00. The largest absolute Gasteiger partial charge is 0.573 e. The quantitative estimate of drug-likeness (QED) is 0.545. The van der Waals surface area contributed by atoms with E-state index in [9.17, 15) is 18.0 Å². The van der Waals surface area contributed by atoms with Crippen molar-refractivity contribution in [2.24, 2.45) is 0 Å². The lowest BCUT2D eigenvalue weighted by Gasteiger charge is -2.30. The Bertz CT molecular complexity index is 1250. The van der Waals surface area contributed by atoms with Gasteiger partial charge < -0.3 is 19.5 Å². The predicted molar refractivity (Wildman–Crippen MR) is 124 cm³/mol. The van der Waals surface area contributed by atoms with E-state index in [0.29, 0.717) is 29.4 Å². The fraction of sp³-hybridized carbons (Fsp3) is 0.400. The number of amides is 1. The van der Waals surface area contributed by atoms with Crippen molar-refractivity contribution in [1.29, 1.82) is 0 Å². The number of hydrogen-bond acceptors (Lipinski definition) is 7. The van der Waals surface area contributed by atoms with E-state index in [-0.39, 0.29) is 24.2 Å². The van der Waals surface area contributed by atoms with Crippen molar-refractivity contribution in [3.8, 4) is 17.1 Å². The van der Waals surface area contributed by atoms with E-state index in [1.165, 1.54) is 24.3 Å². The van der Waals surface area contributed by atoms with Crippen LogP contribution < -0.4 is 10.1 Å². The molecule has 36 heavy (non-hydrogen) atoms. The van der Waals surface area contributed by atoms with Crippen LogP contribution >= 0.6 is 0 Å². The van der Waals surface area contributed by atoms with Gasteiger partial charge in [0.1, 0.15) is 5.75 Å². The lowest BCUT2D eigenvalue weighted by molar-refractivity contribution is -0.274. The number of piperazine rings is 1. The van der Waals surface area contributed by atoms with Crippen molar-refractivity contribution in [1.82, 2.24) is 25.3 Å². The van der Waals surface area contributed by atoms with Crippen molar-refractivity contribution in [2.45, 2.75) is 39.3 Å². The average molecular weight is 502 g/mol. The van der Waals surface area contributed by atoms with Crippen molar-refractivity contribution in [3.63, 3.8) is 0 Å². The Hall–Kier alpha value is -3.44. The third-order valence-electron chi connectivity index (χ3n) is 6.57. The van der Waals surface area contributed by atoms with Crippen LogP contribution in [0.2, 0.25) is 0 Å². The minimum absolute atomic E-state index is 0.00821. The summed E-state index contributed by atoms with van der Waals surface area (Å²) in [5, 5.41) is 7.52. The first-order chi connectivity index (χ1) is 17.2. The number of aryl methyl sites for hydroxylation is 1. The van der Waals surface area contributed by atoms with E-state index in [1.807, 2.05) is 19.1 Å². The number of carbonyl (C=O) groups excluding carboxylic acids is 1. The van der Waals surface area contributed by atoms with Gasteiger partial charge in [0.15, 0.2) is 0 Å². The number of nitrogens with zero attached hydrogens (tertiary/aromatic N) is 4. The molecule has 0 spiro atoms. The normalized spacial score (nSPS) is 17.4. The second-order valence-electron chi connectivity index (χ2n) is 9.10. The van der Waals surface area contributed by atoms with Crippen LogP contribution in [0.1, 0.15) is 45.9 Å². The number of rotatable bonds is 6. The van der Waals surface area contributed by atoms with Crippen molar-refractivity contribution in [2.75, 3.05) is 26.2 Å². The van der Waals surface area contributed by atoms with Crippen LogP contribution in [0.3, 0.4) is 0 Å².